The number of esters is 1. The van der Waals surface area contributed by atoms with Crippen LogP contribution in [0.25, 0.3) is 0 Å². The van der Waals surface area contributed by atoms with Crippen molar-refractivity contribution in [1.29, 1.82) is 0 Å². The third kappa shape index (κ3) is 4.91. The fourth-order valence-electron chi connectivity index (χ4n) is 1.93. The molecular formula is C16H24O2. The molecule has 2 nitrogen and oxygen atoms in total. The van der Waals surface area contributed by atoms with Crippen molar-refractivity contribution < 1.29 is 9.53 Å². The smallest absolute Gasteiger partial charge is 0.314 e. The Bertz CT molecular complexity index is 374. The molecule has 1 unspecified atom stereocenters. The Hall–Kier alpha value is -1.31. The van der Waals surface area contributed by atoms with Crippen LogP contribution in [0.1, 0.15) is 41.0 Å². The average Bonchev–Trinajstić information content (AvgIpc) is 2.25. The van der Waals surface area contributed by atoms with Crippen LogP contribution in [0.2, 0.25) is 0 Å². The first-order chi connectivity index (χ1) is 8.29. The Labute approximate surface area is 110 Å². The number of hydrogen-bond acceptors (Lipinski definition) is 2. The zero-order chi connectivity index (χ0) is 13.8. The van der Waals surface area contributed by atoms with Gasteiger partial charge < -0.3 is 4.74 Å². The fraction of sp³-hybridized carbons (Fsp3) is 0.562. The summed E-state index contributed by atoms with van der Waals surface area (Å²) in [7, 11) is 0. The summed E-state index contributed by atoms with van der Waals surface area (Å²) in [4.78, 5) is 12.2. The van der Waals surface area contributed by atoms with Crippen LogP contribution >= 0.6 is 0 Å². The summed E-state index contributed by atoms with van der Waals surface area (Å²) in [6, 6.07) is 9.28. The number of ether oxygens (including phenoxy) is 1. The monoisotopic (exact) mass is 248 g/mol. The fourth-order valence-corrected chi connectivity index (χ4v) is 1.93. The Morgan fingerprint density at radius 1 is 1.17 bits per heavy atom. The Balaban J connectivity index is 2.72. The predicted molar refractivity (Wildman–Crippen MR) is 74.5 cm³/mol. The van der Waals surface area contributed by atoms with E-state index in [0.29, 0.717) is 11.7 Å². The van der Waals surface area contributed by atoms with Gasteiger partial charge in [-0.15, -0.1) is 0 Å². The van der Waals surface area contributed by atoms with Crippen molar-refractivity contribution in [2.45, 2.75) is 41.0 Å². The second-order valence-corrected chi connectivity index (χ2v) is 6.35. The molecule has 2 heteroatoms. The maximum absolute atomic E-state index is 12.2. The molecule has 0 aliphatic carbocycles. The number of hydrogen-bond donors (Lipinski definition) is 0. The molecule has 0 aliphatic heterocycles. The van der Waals surface area contributed by atoms with Gasteiger partial charge in [-0.05, 0) is 29.9 Å². The molecule has 0 radical (unpaired) electrons. The second kappa shape index (κ2) is 6.03. The van der Waals surface area contributed by atoms with Crippen LogP contribution in [0, 0.1) is 17.3 Å². The molecule has 0 N–H and O–H groups in total. The van der Waals surface area contributed by atoms with Crippen molar-refractivity contribution in [3.63, 3.8) is 0 Å². The summed E-state index contributed by atoms with van der Waals surface area (Å²) < 4.78 is 5.44. The van der Waals surface area contributed by atoms with Crippen molar-refractivity contribution in [2.75, 3.05) is 0 Å². The highest BCUT2D eigenvalue weighted by Crippen LogP contribution is 2.30. The molecule has 1 aromatic carbocycles. The molecule has 0 saturated heterocycles. The summed E-state index contributed by atoms with van der Waals surface area (Å²) in [6.45, 7) is 10.6. The molecule has 0 fully saturated rings. The standard InChI is InChI=1S/C16H24O2/c1-12(2)14(11-16(3,4)5)15(17)18-13-9-7-6-8-10-13/h6-10,12,14H,11H2,1-5H3. The lowest BCUT2D eigenvalue weighted by molar-refractivity contribution is -0.141. The number of para-hydroxylation sites is 1. The zero-order valence-corrected chi connectivity index (χ0v) is 12.1. The number of carbonyl (C=O) groups is 1. The van der Waals surface area contributed by atoms with E-state index in [1.807, 2.05) is 30.3 Å². The van der Waals surface area contributed by atoms with E-state index in [4.69, 9.17) is 4.74 Å². The van der Waals surface area contributed by atoms with Crippen molar-refractivity contribution in [3.8, 4) is 5.75 Å². The Morgan fingerprint density at radius 2 is 1.72 bits per heavy atom. The van der Waals surface area contributed by atoms with Gasteiger partial charge >= 0.3 is 5.97 Å². The summed E-state index contributed by atoms with van der Waals surface area (Å²) in [5.41, 5.74) is 0.130. The van der Waals surface area contributed by atoms with Crippen molar-refractivity contribution in [3.05, 3.63) is 30.3 Å². The third-order valence-electron chi connectivity index (χ3n) is 2.90. The minimum Gasteiger partial charge on any atom is -0.426 e. The topological polar surface area (TPSA) is 26.3 Å². The van der Waals surface area contributed by atoms with Gasteiger partial charge in [0, 0.05) is 0 Å². The quantitative estimate of drug-likeness (QED) is 0.586. The summed E-state index contributed by atoms with van der Waals surface area (Å²) in [5, 5.41) is 0. The lowest BCUT2D eigenvalue weighted by Gasteiger charge is -2.27. The van der Waals surface area contributed by atoms with Gasteiger partial charge in [-0.1, -0.05) is 52.8 Å². The van der Waals surface area contributed by atoms with Gasteiger partial charge in [0.05, 0.1) is 5.92 Å². The molecule has 1 atom stereocenters. The van der Waals surface area contributed by atoms with E-state index in [1.54, 1.807) is 0 Å². The minimum absolute atomic E-state index is 0.0507. The van der Waals surface area contributed by atoms with Gasteiger partial charge in [-0.25, -0.2) is 0 Å². The summed E-state index contributed by atoms with van der Waals surface area (Å²) in [6.07, 6.45) is 0.844. The highest BCUT2D eigenvalue weighted by Gasteiger charge is 2.29. The number of benzene rings is 1. The maximum atomic E-state index is 12.2. The van der Waals surface area contributed by atoms with E-state index in [2.05, 4.69) is 34.6 Å². The molecule has 0 saturated carbocycles. The lowest BCUT2D eigenvalue weighted by atomic mass is 9.80. The minimum atomic E-state index is -0.119. The van der Waals surface area contributed by atoms with Gasteiger partial charge in [0.15, 0.2) is 0 Å². The van der Waals surface area contributed by atoms with E-state index in [0.717, 1.165) is 6.42 Å². The summed E-state index contributed by atoms with van der Waals surface area (Å²) in [5.74, 6) is 0.749. The molecule has 0 heterocycles. The largest absolute Gasteiger partial charge is 0.426 e. The maximum Gasteiger partial charge on any atom is 0.314 e. The van der Waals surface area contributed by atoms with E-state index in [1.165, 1.54) is 0 Å². The second-order valence-electron chi connectivity index (χ2n) is 6.35. The first-order valence-electron chi connectivity index (χ1n) is 6.56. The van der Waals surface area contributed by atoms with Gasteiger partial charge in [-0.3, -0.25) is 4.79 Å². The average molecular weight is 248 g/mol. The highest BCUT2D eigenvalue weighted by atomic mass is 16.5. The first-order valence-corrected chi connectivity index (χ1v) is 6.56. The molecule has 0 spiro atoms. The van der Waals surface area contributed by atoms with Crippen LogP contribution in [-0.4, -0.2) is 5.97 Å². The van der Waals surface area contributed by atoms with Gasteiger partial charge in [0.25, 0.3) is 0 Å². The van der Waals surface area contributed by atoms with Crippen LogP contribution in [-0.2, 0) is 4.79 Å². The molecule has 0 aliphatic rings. The highest BCUT2D eigenvalue weighted by molar-refractivity contribution is 5.75. The molecule has 0 amide bonds. The normalized spacial score (nSPS) is 13.4. The molecule has 18 heavy (non-hydrogen) atoms. The van der Waals surface area contributed by atoms with E-state index >= 15 is 0 Å². The van der Waals surface area contributed by atoms with Crippen LogP contribution in [0.15, 0.2) is 30.3 Å². The summed E-state index contributed by atoms with van der Waals surface area (Å²) >= 11 is 0. The first kappa shape index (κ1) is 14.7. The van der Waals surface area contributed by atoms with Crippen LogP contribution in [0.3, 0.4) is 0 Å². The van der Waals surface area contributed by atoms with E-state index < -0.39 is 0 Å². The Morgan fingerprint density at radius 3 is 2.17 bits per heavy atom. The Kier molecular flexibility index (Phi) is 4.94. The molecule has 100 valence electrons. The van der Waals surface area contributed by atoms with Gasteiger partial charge in [0.1, 0.15) is 5.75 Å². The lowest BCUT2D eigenvalue weighted by Crippen LogP contribution is -2.29. The van der Waals surface area contributed by atoms with E-state index in [9.17, 15) is 4.79 Å². The van der Waals surface area contributed by atoms with Crippen molar-refractivity contribution in [2.24, 2.45) is 17.3 Å². The molecule has 1 aromatic rings. The van der Waals surface area contributed by atoms with Crippen LogP contribution in [0.5, 0.6) is 5.75 Å². The van der Waals surface area contributed by atoms with E-state index in [-0.39, 0.29) is 17.3 Å². The van der Waals surface area contributed by atoms with Crippen LogP contribution in [0.4, 0.5) is 0 Å². The number of rotatable bonds is 4. The van der Waals surface area contributed by atoms with Crippen molar-refractivity contribution in [1.82, 2.24) is 0 Å². The predicted octanol–water partition coefficient (Wildman–Crippen LogP) is 4.30. The zero-order valence-electron chi connectivity index (χ0n) is 12.1. The van der Waals surface area contributed by atoms with Gasteiger partial charge in [0.2, 0.25) is 0 Å². The molecular weight excluding hydrogens is 224 g/mol. The number of carbonyl (C=O) groups excluding carboxylic acids is 1. The van der Waals surface area contributed by atoms with Gasteiger partial charge in [-0.2, -0.15) is 0 Å². The molecule has 1 rings (SSSR count). The van der Waals surface area contributed by atoms with Crippen LogP contribution < -0.4 is 4.74 Å². The molecule has 0 aromatic heterocycles. The molecule has 0 bridgehead atoms. The third-order valence-corrected chi connectivity index (χ3v) is 2.90. The van der Waals surface area contributed by atoms with Crippen molar-refractivity contribution >= 4 is 5.97 Å². The SMILES string of the molecule is CC(C)C(CC(C)(C)C)C(=O)Oc1ccccc1.